The molecule has 1 aliphatic rings. The van der Waals surface area contributed by atoms with Gasteiger partial charge in [-0.05, 0) is 35.9 Å². The number of pyridine rings is 2. The summed E-state index contributed by atoms with van der Waals surface area (Å²) in [5, 5.41) is 6.27. The molecule has 0 unspecified atom stereocenters. The maximum atomic E-state index is 12.3. The predicted octanol–water partition coefficient (Wildman–Crippen LogP) is 2.99. The second kappa shape index (κ2) is 9.16. The first-order valence-corrected chi connectivity index (χ1v) is 9.61. The Bertz CT molecular complexity index is 941. The van der Waals surface area contributed by atoms with Crippen LogP contribution in [-0.2, 0) is 11.3 Å². The fraction of sp³-hybridized carbons (Fsp3) is 0.227. The Morgan fingerprint density at radius 1 is 1.03 bits per heavy atom. The molecule has 7 nitrogen and oxygen atoms in total. The molecule has 148 valence electrons. The number of rotatable bonds is 6. The molecule has 2 aromatic heterocycles. The number of benzene rings is 1. The number of para-hydroxylation sites is 2. The molecule has 0 bridgehead atoms. The van der Waals surface area contributed by atoms with Crippen molar-refractivity contribution >= 4 is 23.0 Å². The standard InChI is InChI=1S/C22H23N5O2/c28-22(25-15-17-4-3-9-23-14-17)20-8-7-18(16-24-20)26-19-5-1-2-6-21(19)27-10-12-29-13-11-27/h1-9,14,16,26H,10-13,15H2,(H,25,28). The second-order valence-corrected chi connectivity index (χ2v) is 6.72. The normalized spacial score (nSPS) is 13.7. The summed E-state index contributed by atoms with van der Waals surface area (Å²) in [7, 11) is 0. The van der Waals surface area contributed by atoms with Crippen molar-refractivity contribution < 1.29 is 9.53 Å². The van der Waals surface area contributed by atoms with Crippen LogP contribution >= 0.6 is 0 Å². The van der Waals surface area contributed by atoms with Crippen LogP contribution in [0.3, 0.4) is 0 Å². The summed E-state index contributed by atoms with van der Waals surface area (Å²) in [5.41, 5.74) is 4.29. The van der Waals surface area contributed by atoms with Crippen molar-refractivity contribution in [1.29, 1.82) is 0 Å². The van der Waals surface area contributed by atoms with Crippen molar-refractivity contribution in [1.82, 2.24) is 15.3 Å². The first kappa shape index (κ1) is 18.9. The molecule has 2 N–H and O–H groups in total. The topological polar surface area (TPSA) is 79.4 Å². The molecule has 1 aromatic carbocycles. The lowest BCUT2D eigenvalue weighted by Crippen LogP contribution is -2.36. The quantitative estimate of drug-likeness (QED) is 0.675. The minimum atomic E-state index is -0.214. The van der Waals surface area contributed by atoms with E-state index in [1.165, 1.54) is 0 Å². The van der Waals surface area contributed by atoms with Gasteiger partial charge in [0.15, 0.2) is 0 Å². The third-order valence-corrected chi connectivity index (χ3v) is 4.71. The number of nitrogens with zero attached hydrogens (tertiary/aromatic N) is 3. The first-order valence-electron chi connectivity index (χ1n) is 9.61. The monoisotopic (exact) mass is 389 g/mol. The number of carbonyl (C=O) groups excluding carboxylic acids is 1. The van der Waals surface area contributed by atoms with Crippen LogP contribution < -0.4 is 15.5 Å². The van der Waals surface area contributed by atoms with Crippen molar-refractivity contribution in [3.05, 3.63) is 78.4 Å². The summed E-state index contributed by atoms with van der Waals surface area (Å²) in [6, 6.07) is 15.5. The van der Waals surface area contributed by atoms with E-state index >= 15 is 0 Å². The average Bonchev–Trinajstić information content (AvgIpc) is 2.80. The molecule has 1 aliphatic heterocycles. The molecule has 1 saturated heterocycles. The van der Waals surface area contributed by atoms with E-state index in [1.54, 1.807) is 24.7 Å². The largest absolute Gasteiger partial charge is 0.378 e. The number of nitrogens with one attached hydrogen (secondary N) is 2. The lowest BCUT2D eigenvalue weighted by Gasteiger charge is -2.30. The van der Waals surface area contributed by atoms with Gasteiger partial charge in [-0.15, -0.1) is 0 Å². The second-order valence-electron chi connectivity index (χ2n) is 6.72. The van der Waals surface area contributed by atoms with Crippen LogP contribution in [-0.4, -0.2) is 42.2 Å². The summed E-state index contributed by atoms with van der Waals surface area (Å²) in [5.74, 6) is -0.214. The van der Waals surface area contributed by atoms with Gasteiger partial charge in [-0.2, -0.15) is 0 Å². The molecule has 0 atom stereocenters. The van der Waals surface area contributed by atoms with E-state index in [9.17, 15) is 4.79 Å². The number of amides is 1. The highest BCUT2D eigenvalue weighted by atomic mass is 16.5. The summed E-state index contributed by atoms with van der Waals surface area (Å²) in [6.07, 6.45) is 5.11. The Labute approximate surface area is 169 Å². The van der Waals surface area contributed by atoms with Gasteiger partial charge in [0.2, 0.25) is 0 Å². The minimum absolute atomic E-state index is 0.214. The zero-order chi connectivity index (χ0) is 19.9. The van der Waals surface area contributed by atoms with Gasteiger partial charge in [-0.3, -0.25) is 9.78 Å². The Balaban J connectivity index is 1.40. The molecule has 0 spiro atoms. The fourth-order valence-corrected chi connectivity index (χ4v) is 3.19. The Kier molecular flexibility index (Phi) is 5.97. The van der Waals surface area contributed by atoms with Crippen LogP contribution in [0.1, 0.15) is 16.1 Å². The molecular weight excluding hydrogens is 366 g/mol. The smallest absolute Gasteiger partial charge is 0.270 e. The molecule has 3 aromatic rings. The van der Waals surface area contributed by atoms with Crippen LogP contribution in [0.4, 0.5) is 17.1 Å². The van der Waals surface area contributed by atoms with Crippen LogP contribution in [0.2, 0.25) is 0 Å². The zero-order valence-corrected chi connectivity index (χ0v) is 16.0. The van der Waals surface area contributed by atoms with Crippen molar-refractivity contribution in [2.75, 3.05) is 36.5 Å². The molecule has 0 saturated carbocycles. The van der Waals surface area contributed by atoms with Gasteiger partial charge < -0.3 is 20.3 Å². The highest BCUT2D eigenvalue weighted by Crippen LogP contribution is 2.29. The van der Waals surface area contributed by atoms with E-state index in [4.69, 9.17) is 4.74 Å². The van der Waals surface area contributed by atoms with Crippen molar-refractivity contribution in [3.8, 4) is 0 Å². The Morgan fingerprint density at radius 2 is 1.90 bits per heavy atom. The third-order valence-electron chi connectivity index (χ3n) is 4.71. The number of hydrogen-bond acceptors (Lipinski definition) is 6. The molecule has 3 heterocycles. The molecule has 0 aliphatic carbocycles. The average molecular weight is 389 g/mol. The van der Waals surface area contributed by atoms with Gasteiger partial charge in [-0.25, -0.2) is 4.98 Å². The fourth-order valence-electron chi connectivity index (χ4n) is 3.19. The Hall–Kier alpha value is -3.45. The van der Waals surface area contributed by atoms with Gasteiger partial charge in [0.25, 0.3) is 5.91 Å². The van der Waals surface area contributed by atoms with E-state index in [1.807, 2.05) is 36.4 Å². The molecule has 1 fully saturated rings. The molecule has 1 amide bonds. The van der Waals surface area contributed by atoms with Crippen LogP contribution in [0.15, 0.2) is 67.1 Å². The van der Waals surface area contributed by atoms with E-state index in [0.717, 1.165) is 48.9 Å². The summed E-state index contributed by atoms with van der Waals surface area (Å²) in [4.78, 5) is 23.0. The van der Waals surface area contributed by atoms with Crippen molar-refractivity contribution in [3.63, 3.8) is 0 Å². The lowest BCUT2D eigenvalue weighted by atomic mass is 10.2. The predicted molar refractivity (Wildman–Crippen MR) is 112 cm³/mol. The molecule has 4 rings (SSSR count). The maximum absolute atomic E-state index is 12.3. The minimum Gasteiger partial charge on any atom is -0.378 e. The summed E-state index contributed by atoms with van der Waals surface area (Å²) < 4.78 is 5.45. The number of hydrogen-bond donors (Lipinski definition) is 2. The third kappa shape index (κ3) is 4.89. The van der Waals surface area contributed by atoms with E-state index < -0.39 is 0 Å². The van der Waals surface area contributed by atoms with Gasteiger partial charge in [0.05, 0.1) is 36.5 Å². The highest BCUT2D eigenvalue weighted by Gasteiger charge is 2.15. The number of morpholine rings is 1. The Morgan fingerprint density at radius 3 is 2.66 bits per heavy atom. The maximum Gasteiger partial charge on any atom is 0.270 e. The van der Waals surface area contributed by atoms with Crippen LogP contribution in [0.25, 0.3) is 0 Å². The van der Waals surface area contributed by atoms with Crippen LogP contribution in [0.5, 0.6) is 0 Å². The molecule has 7 heteroatoms. The summed E-state index contributed by atoms with van der Waals surface area (Å²) in [6.45, 7) is 3.62. The van der Waals surface area contributed by atoms with Crippen molar-refractivity contribution in [2.45, 2.75) is 6.54 Å². The first-order chi connectivity index (χ1) is 14.3. The van der Waals surface area contributed by atoms with Gasteiger partial charge in [0, 0.05) is 32.0 Å². The van der Waals surface area contributed by atoms with Crippen molar-refractivity contribution in [2.24, 2.45) is 0 Å². The van der Waals surface area contributed by atoms with Gasteiger partial charge in [-0.1, -0.05) is 18.2 Å². The zero-order valence-electron chi connectivity index (χ0n) is 16.0. The molecule has 0 radical (unpaired) electrons. The van der Waals surface area contributed by atoms with Crippen LogP contribution in [0, 0.1) is 0 Å². The van der Waals surface area contributed by atoms with E-state index in [0.29, 0.717) is 12.2 Å². The van der Waals surface area contributed by atoms with E-state index in [2.05, 4.69) is 31.6 Å². The number of ether oxygens (including phenoxy) is 1. The van der Waals surface area contributed by atoms with Gasteiger partial charge in [0.1, 0.15) is 5.69 Å². The molecule has 29 heavy (non-hydrogen) atoms. The highest BCUT2D eigenvalue weighted by molar-refractivity contribution is 5.92. The summed E-state index contributed by atoms with van der Waals surface area (Å²) >= 11 is 0. The van der Waals surface area contributed by atoms with E-state index in [-0.39, 0.29) is 5.91 Å². The number of anilines is 3. The SMILES string of the molecule is O=C(NCc1cccnc1)c1ccc(Nc2ccccc2N2CCOCC2)cn1. The number of carbonyl (C=O) groups is 1. The lowest BCUT2D eigenvalue weighted by molar-refractivity contribution is 0.0946. The molecular formula is C22H23N5O2. The van der Waals surface area contributed by atoms with Gasteiger partial charge >= 0.3 is 0 Å². The number of aromatic nitrogens is 2.